The molecule has 0 aliphatic rings. The van der Waals surface area contributed by atoms with E-state index in [-0.39, 0.29) is 5.57 Å². The molecule has 0 bridgehead atoms. The molecule has 4 nitrogen and oxygen atoms in total. The van der Waals surface area contributed by atoms with Crippen LogP contribution in [0.5, 0.6) is 0 Å². The molecule has 0 fully saturated rings. The Bertz CT molecular complexity index is 1490. The van der Waals surface area contributed by atoms with Gasteiger partial charge in [0.25, 0.3) is 0 Å². The number of carboxylic acid groups (broad SMARTS) is 1. The van der Waals surface area contributed by atoms with Crippen molar-refractivity contribution < 1.29 is 9.90 Å². The molecule has 0 saturated carbocycles. The molecule has 0 saturated heterocycles. The number of thiophene rings is 2. The molecule has 0 spiro atoms. The van der Waals surface area contributed by atoms with E-state index in [2.05, 4.69) is 53.4 Å². The van der Waals surface area contributed by atoms with Crippen molar-refractivity contribution in [2.24, 2.45) is 0 Å². The minimum atomic E-state index is -1.22. The number of rotatable bonds is 6. The number of hydrogen-bond acceptors (Lipinski definition) is 5. The highest BCUT2D eigenvalue weighted by atomic mass is 32.1. The van der Waals surface area contributed by atoms with Crippen LogP contribution in [0.25, 0.3) is 26.6 Å². The number of nitriles is 1. The molecule has 0 aliphatic carbocycles. The molecule has 34 heavy (non-hydrogen) atoms. The summed E-state index contributed by atoms with van der Waals surface area (Å²) in [6.45, 7) is 0. The molecule has 5 aromatic rings. The standard InChI is InChI=1S/C28H18N2O2S2/c29-18-20(28(31)32)17-25-24-15-16-33-27(24)26(34-25)19-11-13-23(14-12-19)30(21-7-3-1-4-8-21)22-9-5-2-6-10-22/h1-17H,(H,31,32)/b20-17-. The third-order valence-electron chi connectivity index (χ3n) is 5.39. The zero-order chi connectivity index (χ0) is 23.5. The lowest BCUT2D eigenvalue weighted by Gasteiger charge is -2.25. The molecule has 1 N–H and O–H groups in total. The van der Waals surface area contributed by atoms with Crippen LogP contribution in [0.1, 0.15) is 4.88 Å². The van der Waals surface area contributed by atoms with Crippen molar-refractivity contribution in [1.29, 1.82) is 5.26 Å². The first-order chi connectivity index (χ1) is 16.7. The van der Waals surface area contributed by atoms with Crippen molar-refractivity contribution in [2.45, 2.75) is 0 Å². The predicted molar refractivity (Wildman–Crippen MR) is 141 cm³/mol. The van der Waals surface area contributed by atoms with Gasteiger partial charge < -0.3 is 10.0 Å². The second-order valence-corrected chi connectivity index (χ2v) is 9.46. The highest BCUT2D eigenvalue weighted by Gasteiger charge is 2.17. The minimum Gasteiger partial charge on any atom is -0.477 e. The number of carboxylic acids is 1. The van der Waals surface area contributed by atoms with Gasteiger partial charge in [-0.3, -0.25) is 0 Å². The molecule has 0 atom stereocenters. The quantitative estimate of drug-likeness (QED) is 0.198. The number of fused-ring (bicyclic) bond motifs is 1. The molecular weight excluding hydrogens is 460 g/mol. The summed E-state index contributed by atoms with van der Waals surface area (Å²) in [6.07, 6.45) is 1.46. The van der Waals surface area contributed by atoms with E-state index in [1.807, 2.05) is 47.8 Å². The molecule has 0 unspecified atom stereocenters. The summed E-state index contributed by atoms with van der Waals surface area (Å²) in [6, 6.07) is 32.6. The first-order valence-electron chi connectivity index (χ1n) is 10.5. The molecule has 3 aromatic carbocycles. The molecule has 2 aromatic heterocycles. The smallest absolute Gasteiger partial charge is 0.346 e. The number of carbonyl (C=O) groups is 1. The molecule has 2 heterocycles. The maximum absolute atomic E-state index is 11.3. The summed E-state index contributed by atoms with van der Waals surface area (Å²) >= 11 is 3.12. The summed E-state index contributed by atoms with van der Waals surface area (Å²) in [5.41, 5.74) is 3.97. The zero-order valence-corrected chi connectivity index (χ0v) is 19.5. The Kier molecular flexibility index (Phi) is 5.96. The molecule has 6 heteroatoms. The van der Waals surface area contributed by atoms with Gasteiger partial charge in [0.1, 0.15) is 11.6 Å². The van der Waals surface area contributed by atoms with Crippen molar-refractivity contribution in [3.05, 3.63) is 107 Å². The summed E-state index contributed by atoms with van der Waals surface area (Å²) < 4.78 is 1.09. The van der Waals surface area contributed by atoms with E-state index in [1.54, 1.807) is 17.4 Å². The average Bonchev–Trinajstić information content (AvgIpc) is 3.48. The van der Waals surface area contributed by atoms with Gasteiger partial charge in [-0.1, -0.05) is 48.5 Å². The second kappa shape index (κ2) is 9.36. The van der Waals surface area contributed by atoms with Crippen LogP contribution in [-0.2, 0) is 4.79 Å². The monoisotopic (exact) mass is 478 g/mol. The molecule has 0 radical (unpaired) electrons. The van der Waals surface area contributed by atoms with Crippen LogP contribution in [0.2, 0.25) is 0 Å². The molecule has 5 rings (SSSR count). The van der Waals surface area contributed by atoms with Crippen molar-refractivity contribution in [3.63, 3.8) is 0 Å². The van der Waals surface area contributed by atoms with Crippen molar-refractivity contribution >= 4 is 61.9 Å². The van der Waals surface area contributed by atoms with E-state index in [1.165, 1.54) is 17.4 Å². The van der Waals surface area contributed by atoms with E-state index in [9.17, 15) is 15.2 Å². The van der Waals surface area contributed by atoms with Gasteiger partial charge in [0.2, 0.25) is 0 Å². The number of anilines is 3. The fraction of sp³-hybridized carbons (Fsp3) is 0. The SMILES string of the molecule is N#C/C(=C/c1sc(-c2ccc(N(c3ccccc3)c3ccccc3)cc2)c2sccc12)C(=O)O. The van der Waals surface area contributed by atoms with Gasteiger partial charge in [0.05, 0.1) is 9.58 Å². The highest BCUT2D eigenvalue weighted by molar-refractivity contribution is 7.26. The summed E-state index contributed by atoms with van der Waals surface area (Å²) in [7, 11) is 0. The summed E-state index contributed by atoms with van der Waals surface area (Å²) in [4.78, 5) is 15.4. The van der Waals surface area contributed by atoms with E-state index in [0.29, 0.717) is 0 Å². The number of para-hydroxylation sites is 2. The van der Waals surface area contributed by atoms with Gasteiger partial charge >= 0.3 is 5.97 Å². The normalized spacial score (nSPS) is 11.3. The highest BCUT2D eigenvalue weighted by Crippen LogP contribution is 2.44. The Labute approximate surface area is 204 Å². The van der Waals surface area contributed by atoms with E-state index in [0.717, 1.165) is 42.5 Å². The number of hydrogen-bond donors (Lipinski definition) is 1. The van der Waals surface area contributed by atoms with Crippen LogP contribution in [0.3, 0.4) is 0 Å². The van der Waals surface area contributed by atoms with Gasteiger partial charge in [0, 0.05) is 27.3 Å². The largest absolute Gasteiger partial charge is 0.477 e. The van der Waals surface area contributed by atoms with Gasteiger partial charge in [0.15, 0.2) is 0 Å². The minimum absolute atomic E-state index is 0.266. The van der Waals surface area contributed by atoms with Crippen LogP contribution in [0.4, 0.5) is 17.1 Å². The van der Waals surface area contributed by atoms with Crippen molar-refractivity contribution in [2.75, 3.05) is 4.90 Å². The van der Waals surface area contributed by atoms with Gasteiger partial charge in [-0.25, -0.2) is 4.79 Å². The summed E-state index contributed by atoms with van der Waals surface area (Å²) in [5.74, 6) is -1.22. The lowest BCUT2D eigenvalue weighted by Crippen LogP contribution is -2.09. The maximum Gasteiger partial charge on any atom is 0.346 e. The van der Waals surface area contributed by atoms with Gasteiger partial charge in [-0.15, -0.1) is 22.7 Å². The number of aliphatic carboxylic acids is 1. The molecule has 0 amide bonds. The molecular formula is C28H18N2O2S2. The van der Waals surface area contributed by atoms with Crippen LogP contribution in [-0.4, -0.2) is 11.1 Å². The fourth-order valence-electron chi connectivity index (χ4n) is 3.82. The summed E-state index contributed by atoms with van der Waals surface area (Å²) in [5, 5.41) is 21.4. The van der Waals surface area contributed by atoms with Gasteiger partial charge in [-0.2, -0.15) is 5.26 Å². The Morgan fingerprint density at radius 1 is 0.853 bits per heavy atom. The topological polar surface area (TPSA) is 64.3 Å². The predicted octanol–water partition coefficient (Wildman–Crippen LogP) is 8.09. The lowest BCUT2D eigenvalue weighted by atomic mass is 10.1. The Hall–Kier alpha value is -4.18. The first-order valence-corrected chi connectivity index (χ1v) is 12.2. The third kappa shape index (κ3) is 4.11. The lowest BCUT2D eigenvalue weighted by molar-refractivity contribution is -0.132. The third-order valence-corrected chi connectivity index (χ3v) is 7.65. The fourth-order valence-corrected chi connectivity index (χ4v) is 6.16. The molecule has 164 valence electrons. The van der Waals surface area contributed by atoms with E-state index in [4.69, 9.17) is 0 Å². The average molecular weight is 479 g/mol. The van der Waals surface area contributed by atoms with Gasteiger partial charge in [-0.05, 0) is 59.5 Å². The molecule has 0 aliphatic heterocycles. The van der Waals surface area contributed by atoms with Crippen molar-refractivity contribution in [3.8, 4) is 16.5 Å². The van der Waals surface area contributed by atoms with E-state index >= 15 is 0 Å². The number of nitrogens with zero attached hydrogens (tertiary/aromatic N) is 2. The number of benzene rings is 3. The van der Waals surface area contributed by atoms with Crippen LogP contribution in [0, 0.1) is 11.3 Å². The zero-order valence-electron chi connectivity index (χ0n) is 17.9. The Balaban J connectivity index is 1.57. The Morgan fingerprint density at radius 2 is 1.44 bits per heavy atom. The van der Waals surface area contributed by atoms with E-state index < -0.39 is 5.97 Å². The maximum atomic E-state index is 11.3. The van der Waals surface area contributed by atoms with Crippen LogP contribution >= 0.6 is 22.7 Å². The van der Waals surface area contributed by atoms with Crippen LogP contribution in [0.15, 0.2) is 102 Å². The first kappa shape index (κ1) is 21.7. The second-order valence-electron chi connectivity index (χ2n) is 7.49. The van der Waals surface area contributed by atoms with Crippen LogP contribution < -0.4 is 4.90 Å². The Morgan fingerprint density at radius 3 is 2.00 bits per heavy atom. The van der Waals surface area contributed by atoms with Crippen molar-refractivity contribution in [1.82, 2.24) is 0 Å².